The second-order valence-corrected chi connectivity index (χ2v) is 7.57. The molecule has 0 aromatic carbocycles. The van der Waals surface area contributed by atoms with Crippen LogP contribution in [0.25, 0.3) is 0 Å². The van der Waals surface area contributed by atoms with Crippen LogP contribution in [0, 0.1) is 0 Å². The standard InChI is InChI=1S/C18H31N7O2/c1-13-12-26-8-7-24(13)18-9-17(20-14(2)25(18)22(4)21-19-3)23-10-15-5-6-16(11-23)27-15/h9,13,15-16,19,21H,2,5-8,10-12H2,1,3-4H3/t13-,15?,16?/m1/s1. The van der Waals surface area contributed by atoms with Crippen LogP contribution in [0.5, 0.6) is 0 Å². The van der Waals surface area contributed by atoms with Gasteiger partial charge in [0.15, 0.2) is 0 Å². The first kappa shape index (κ1) is 18.7. The summed E-state index contributed by atoms with van der Waals surface area (Å²) in [6, 6.07) is 0.281. The summed E-state index contributed by atoms with van der Waals surface area (Å²) in [5.74, 6) is 2.72. The molecule has 4 rings (SSSR count). The summed E-state index contributed by atoms with van der Waals surface area (Å²) in [4.78, 5) is 9.55. The number of fused-ring (bicyclic) bond motifs is 2. The molecule has 0 aromatic heterocycles. The third-order valence-corrected chi connectivity index (χ3v) is 5.57. The summed E-state index contributed by atoms with van der Waals surface area (Å²) in [5, 5.41) is 3.86. The SMILES string of the molecule is C=C1N=C(N2CC3CCC(C2)O3)C=C(N2CCOC[C@H]2C)N1N(C)NNC. The zero-order valence-electron chi connectivity index (χ0n) is 16.5. The second-order valence-electron chi connectivity index (χ2n) is 7.57. The number of amidine groups is 1. The lowest BCUT2D eigenvalue weighted by atomic mass is 10.2. The number of nitrogens with one attached hydrogen (secondary N) is 2. The molecule has 3 fully saturated rings. The molecule has 0 radical (unpaired) electrons. The molecule has 4 aliphatic heterocycles. The van der Waals surface area contributed by atoms with Crippen molar-refractivity contribution in [3.8, 4) is 0 Å². The van der Waals surface area contributed by atoms with Crippen molar-refractivity contribution >= 4 is 5.84 Å². The molecular formula is C18H31N7O2. The molecule has 4 heterocycles. The predicted molar refractivity (Wildman–Crippen MR) is 103 cm³/mol. The van der Waals surface area contributed by atoms with Crippen molar-refractivity contribution in [2.75, 3.05) is 46.9 Å². The Balaban J connectivity index is 1.63. The van der Waals surface area contributed by atoms with Gasteiger partial charge in [-0.1, -0.05) is 6.58 Å². The first-order valence-corrected chi connectivity index (χ1v) is 9.77. The van der Waals surface area contributed by atoms with Gasteiger partial charge in [0.2, 0.25) is 0 Å². The van der Waals surface area contributed by atoms with Gasteiger partial charge in [-0.25, -0.2) is 15.4 Å². The molecular weight excluding hydrogens is 346 g/mol. The van der Waals surface area contributed by atoms with E-state index in [4.69, 9.17) is 14.5 Å². The number of nitrogens with zero attached hydrogens (tertiary/aromatic N) is 5. The fourth-order valence-electron chi connectivity index (χ4n) is 4.30. The van der Waals surface area contributed by atoms with Crippen LogP contribution in [-0.4, -0.2) is 91.0 Å². The van der Waals surface area contributed by atoms with Crippen molar-refractivity contribution in [1.29, 1.82) is 0 Å². The maximum Gasteiger partial charge on any atom is 0.145 e. The zero-order valence-corrected chi connectivity index (χ0v) is 16.5. The minimum atomic E-state index is 0.281. The van der Waals surface area contributed by atoms with Gasteiger partial charge in [0.1, 0.15) is 17.5 Å². The summed E-state index contributed by atoms with van der Waals surface area (Å²) < 4.78 is 11.6. The third-order valence-electron chi connectivity index (χ3n) is 5.57. The Morgan fingerprint density at radius 2 is 2.04 bits per heavy atom. The average Bonchev–Trinajstić information content (AvgIpc) is 2.99. The Morgan fingerprint density at radius 3 is 2.70 bits per heavy atom. The molecule has 2 unspecified atom stereocenters. The van der Waals surface area contributed by atoms with Crippen molar-refractivity contribution < 1.29 is 9.47 Å². The van der Waals surface area contributed by atoms with E-state index in [2.05, 4.69) is 40.3 Å². The van der Waals surface area contributed by atoms with Crippen LogP contribution in [0.4, 0.5) is 0 Å². The van der Waals surface area contributed by atoms with Crippen molar-refractivity contribution in [1.82, 2.24) is 30.9 Å². The van der Waals surface area contributed by atoms with Crippen LogP contribution in [0.1, 0.15) is 19.8 Å². The predicted octanol–water partition coefficient (Wildman–Crippen LogP) is 0.0828. The van der Waals surface area contributed by atoms with Crippen LogP contribution in [0.2, 0.25) is 0 Å². The number of hydrogen-bond acceptors (Lipinski definition) is 9. The molecule has 0 aliphatic carbocycles. The number of morpholine rings is 2. The smallest absolute Gasteiger partial charge is 0.145 e. The summed E-state index contributed by atoms with van der Waals surface area (Å²) >= 11 is 0. The highest BCUT2D eigenvalue weighted by atomic mass is 16.5. The van der Waals surface area contributed by atoms with E-state index in [0.717, 1.165) is 57.3 Å². The molecule has 2 bridgehead atoms. The third kappa shape index (κ3) is 3.70. The minimum Gasteiger partial charge on any atom is -0.377 e. The van der Waals surface area contributed by atoms with E-state index in [9.17, 15) is 0 Å². The first-order valence-electron chi connectivity index (χ1n) is 9.77. The highest BCUT2D eigenvalue weighted by Crippen LogP contribution is 2.30. The summed E-state index contributed by atoms with van der Waals surface area (Å²) in [6.45, 7) is 10.5. The van der Waals surface area contributed by atoms with Crippen molar-refractivity contribution in [2.45, 2.75) is 38.0 Å². The molecule has 150 valence electrons. The molecule has 3 atom stereocenters. The van der Waals surface area contributed by atoms with E-state index >= 15 is 0 Å². The summed E-state index contributed by atoms with van der Waals surface area (Å²) in [6.07, 6.45) is 5.12. The number of aliphatic imine (C=N–C) groups is 1. The molecule has 0 saturated carbocycles. The fraction of sp³-hybridized carbons (Fsp3) is 0.722. The van der Waals surface area contributed by atoms with Gasteiger partial charge < -0.3 is 19.3 Å². The Hall–Kier alpha value is -1.65. The molecule has 2 N–H and O–H groups in total. The largest absolute Gasteiger partial charge is 0.377 e. The van der Waals surface area contributed by atoms with Crippen molar-refractivity contribution in [3.63, 3.8) is 0 Å². The Labute approximate surface area is 161 Å². The Bertz CT molecular complexity index is 625. The molecule has 9 nitrogen and oxygen atoms in total. The van der Waals surface area contributed by atoms with E-state index in [1.165, 1.54) is 0 Å². The molecule has 3 saturated heterocycles. The van der Waals surface area contributed by atoms with Crippen LogP contribution >= 0.6 is 0 Å². The van der Waals surface area contributed by atoms with E-state index in [-0.39, 0.29) is 6.04 Å². The number of hydrogen-bond donors (Lipinski definition) is 2. The van der Waals surface area contributed by atoms with Gasteiger partial charge in [0.05, 0.1) is 31.5 Å². The summed E-state index contributed by atoms with van der Waals surface area (Å²) in [5.41, 5.74) is 6.06. The van der Waals surface area contributed by atoms with E-state index < -0.39 is 0 Å². The van der Waals surface area contributed by atoms with Crippen LogP contribution in [0.15, 0.2) is 29.3 Å². The van der Waals surface area contributed by atoms with E-state index in [0.29, 0.717) is 18.0 Å². The van der Waals surface area contributed by atoms with E-state index in [1.807, 2.05) is 24.2 Å². The van der Waals surface area contributed by atoms with Gasteiger partial charge in [-0.2, -0.15) is 5.53 Å². The number of rotatable bonds is 4. The second kappa shape index (κ2) is 7.76. The zero-order chi connectivity index (χ0) is 19.0. The Kier molecular flexibility index (Phi) is 5.38. The van der Waals surface area contributed by atoms with Gasteiger partial charge in [0.25, 0.3) is 0 Å². The van der Waals surface area contributed by atoms with Gasteiger partial charge in [0, 0.05) is 32.8 Å². The van der Waals surface area contributed by atoms with Gasteiger partial charge >= 0.3 is 0 Å². The highest BCUT2D eigenvalue weighted by molar-refractivity contribution is 5.95. The molecule has 0 aromatic rings. The lowest BCUT2D eigenvalue weighted by Gasteiger charge is -2.46. The van der Waals surface area contributed by atoms with Gasteiger partial charge in [-0.05, 0) is 26.8 Å². The fourth-order valence-corrected chi connectivity index (χ4v) is 4.30. The van der Waals surface area contributed by atoms with Crippen LogP contribution < -0.4 is 11.0 Å². The van der Waals surface area contributed by atoms with Gasteiger partial charge in [-0.15, -0.1) is 5.12 Å². The maximum atomic E-state index is 5.99. The first-order chi connectivity index (χ1) is 13.1. The number of ether oxygens (including phenoxy) is 2. The highest BCUT2D eigenvalue weighted by Gasteiger charge is 2.37. The lowest BCUT2D eigenvalue weighted by Crippen LogP contribution is -2.58. The summed E-state index contributed by atoms with van der Waals surface area (Å²) in [7, 11) is 3.78. The monoisotopic (exact) mass is 377 g/mol. The van der Waals surface area contributed by atoms with Crippen molar-refractivity contribution in [2.24, 2.45) is 4.99 Å². The molecule has 27 heavy (non-hydrogen) atoms. The van der Waals surface area contributed by atoms with Gasteiger partial charge in [-0.3, -0.25) is 0 Å². The molecule has 9 heteroatoms. The number of hydrazine groups is 3. The molecule has 0 spiro atoms. The average molecular weight is 377 g/mol. The van der Waals surface area contributed by atoms with Crippen molar-refractivity contribution in [3.05, 3.63) is 24.3 Å². The van der Waals surface area contributed by atoms with Crippen LogP contribution in [0.3, 0.4) is 0 Å². The normalized spacial score (nSPS) is 31.5. The lowest BCUT2D eigenvalue weighted by molar-refractivity contribution is -0.0582. The molecule has 4 aliphatic rings. The maximum absolute atomic E-state index is 5.99. The molecule has 0 amide bonds. The van der Waals surface area contributed by atoms with Crippen LogP contribution in [-0.2, 0) is 9.47 Å². The number of likely N-dealkylation sites (tertiary alicyclic amines) is 1. The minimum absolute atomic E-state index is 0.281. The Morgan fingerprint density at radius 1 is 1.30 bits per heavy atom. The van der Waals surface area contributed by atoms with E-state index in [1.54, 1.807) is 0 Å². The quantitative estimate of drug-likeness (QED) is 0.668. The topological polar surface area (TPSA) is 67.8 Å².